The average molecular weight is 288 g/mol. The third kappa shape index (κ3) is 4.54. The van der Waals surface area contributed by atoms with Crippen LogP contribution < -0.4 is 0 Å². The molecule has 0 atom stereocenters. The van der Waals surface area contributed by atoms with Crippen molar-refractivity contribution in [2.45, 2.75) is 26.3 Å². The molecule has 106 valence electrons. The smallest absolute Gasteiger partial charge is 0.162 e. The lowest BCUT2D eigenvalue weighted by atomic mass is 10.1. The van der Waals surface area contributed by atoms with Crippen LogP contribution in [0.25, 0.3) is 0 Å². The maximum absolute atomic E-state index is 12.0. The van der Waals surface area contributed by atoms with Crippen LogP contribution >= 0.6 is 11.3 Å². The summed E-state index contributed by atoms with van der Waals surface area (Å²) in [6.07, 6.45) is 1.48. The number of hydrogen-bond donors (Lipinski definition) is 0. The lowest BCUT2D eigenvalue weighted by Crippen LogP contribution is -2.20. The van der Waals surface area contributed by atoms with Gasteiger partial charge in [-0.2, -0.15) is 0 Å². The van der Waals surface area contributed by atoms with Crippen LogP contribution in [0, 0.1) is 6.92 Å². The number of thiazole rings is 1. The first-order chi connectivity index (χ1) is 9.65. The van der Waals surface area contributed by atoms with Crippen LogP contribution in [0.1, 0.15) is 33.9 Å². The van der Waals surface area contributed by atoms with E-state index in [1.54, 1.807) is 11.3 Å². The molecule has 0 aliphatic rings. The Balaban J connectivity index is 1.71. The van der Waals surface area contributed by atoms with Crippen molar-refractivity contribution >= 4 is 17.1 Å². The second-order valence-electron chi connectivity index (χ2n) is 4.99. The Bertz CT molecular complexity index is 551. The summed E-state index contributed by atoms with van der Waals surface area (Å²) >= 11 is 1.68. The van der Waals surface area contributed by atoms with E-state index in [1.165, 1.54) is 0 Å². The largest absolute Gasteiger partial charge is 0.301 e. The average Bonchev–Trinajstić information content (AvgIpc) is 2.85. The Morgan fingerprint density at radius 3 is 2.70 bits per heavy atom. The summed E-state index contributed by atoms with van der Waals surface area (Å²) < 4.78 is 0. The molecule has 0 aliphatic heterocycles. The summed E-state index contributed by atoms with van der Waals surface area (Å²) in [4.78, 5) is 18.6. The molecule has 0 saturated heterocycles. The zero-order valence-corrected chi connectivity index (χ0v) is 12.8. The first-order valence-electron chi connectivity index (χ1n) is 6.83. The molecular weight excluding hydrogens is 268 g/mol. The molecule has 0 radical (unpaired) electrons. The molecule has 4 heteroatoms. The molecule has 2 aromatic rings. The standard InChI is InChI=1S/C16H20N2OS/c1-13-17-15(12-20-13)11-18(2)10-6-9-16(19)14-7-4-3-5-8-14/h3-5,7-8,12H,6,9-11H2,1-2H3. The normalized spacial score (nSPS) is 10.9. The van der Waals surface area contributed by atoms with E-state index in [-0.39, 0.29) is 5.78 Å². The molecule has 0 amide bonds. The number of aryl methyl sites for hydroxylation is 1. The van der Waals surface area contributed by atoms with E-state index in [2.05, 4.69) is 22.3 Å². The number of Topliss-reactive ketones (excluding diaryl/α,β-unsaturated/α-hetero) is 1. The minimum Gasteiger partial charge on any atom is -0.301 e. The third-order valence-electron chi connectivity index (χ3n) is 3.14. The SMILES string of the molecule is Cc1nc(CN(C)CCCC(=O)c2ccccc2)cs1. The summed E-state index contributed by atoms with van der Waals surface area (Å²) in [7, 11) is 2.07. The zero-order valence-electron chi connectivity index (χ0n) is 12.0. The highest BCUT2D eigenvalue weighted by Gasteiger charge is 2.07. The van der Waals surface area contributed by atoms with Gasteiger partial charge in [-0.1, -0.05) is 30.3 Å². The lowest BCUT2D eigenvalue weighted by molar-refractivity contribution is 0.0976. The van der Waals surface area contributed by atoms with Gasteiger partial charge in [0.25, 0.3) is 0 Å². The molecule has 0 saturated carbocycles. The number of nitrogens with zero attached hydrogens (tertiary/aromatic N) is 2. The number of benzene rings is 1. The van der Waals surface area contributed by atoms with Gasteiger partial charge in [0.05, 0.1) is 10.7 Å². The third-order valence-corrected chi connectivity index (χ3v) is 3.96. The molecule has 0 aliphatic carbocycles. The Morgan fingerprint density at radius 2 is 2.05 bits per heavy atom. The van der Waals surface area contributed by atoms with Crippen LogP contribution in [0.2, 0.25) is 0 Å². The molecule has 1 aromatic carbocycles. The highest BCUT2D eigenvalue weighted by atomic mass is 32.1. The molecule has 0 N–H and O–H groups in total. The van der Waals surface area contributed by atoms with Gasteiger partial charge >= 0.3 is 0 Å². The van der Waals surface area contributed by atoms with Gasteiger partial charge in [0.1, 0.15) is 0 Å². The fraction of sp³-hybridized carbons (Fsp3) is 0.375. The number of aromatic nitrogens is 1. The fourth-order valence-corrected chi connectivity index (χ4v) is 2.72. The van der Waals surface area contributed by atoms with Crippen LogP contribution in [-0.4, -0.2) is 29.3 Å². The fourth-order valence-electron chi connectivity index (χ4n) is 2.11. The van der Waals surface area contributed by atoms with Gasteiger partial charge in [-0.15, -0.1) is 11.3 Å². The minimum atomic E-state index is 0.225. The monoisotopic (exact) mass is 288 g/mol. The molecule has 2 rings (SSSR count). The number of rotatable bonds is 7. The molecule has 1 heterocycles. The second-order valence-corrected chi connectivity index (χ2v) is 6.05. The number of hydrogen-bond acceptors (Lipinski definition) is 4. The van der Waals surface area contributed by atoms with Crippen LogP contribution in [0.4, 0.5) is 0 Å². The van der Waals surface area contributed by atoms with Crippen LogP contribution in [0.3, 0.4) is 0 Å². The van der Waals surface area contributed by atoms with Gasteiger partial charge in [0.2, 0.25) is 0 Å². The minimum absolute atomic E-state index is 0.225. The van der Waals surface area contributed by atoms with Crippen molar-refractivity contribution in [2.24, 2.45) is 0 Å². The van der Waals surface area contributed by atoms with E-state index in [0.29, 0.717) is 6.42 Å². The molecule has 0 unspecified atom stereocenters. The van der Waals surface area contributed by atoms with Crippen molar-refractivity contribution in [1.82, 2.24) is 9.88 Å². The van der Waals surface area contributed by atoms with Gasteiger partial charge in [-0.25, -0.2) is 4.98 Å². The molecule has 1 aromatic heterocycles. The predicted molar refractivity (Wildman–Crippen MR) is 83.2 cm³/mol. The highest BCUT2D eigenvalue weighted by Crippen LogP contribution is 2.10. The van der Waals surface area contributed by atoms with E-state index in [9.17, 15) is 4.79 Å². The van der Waals surface area contributed by atoms with Crippen molar-refractivity contribution in [1.29, 1.82) is 0 Å². The summed E-state index contributed by atoms with van der Waals surface area (Å²) in [6.45, 7) is 3.78. The first kappa shape index (κ1) is 14.9. The molecule has 0 fully saturated rings. The van der Waals surface area contributed by atoms with E-state index >= 15 is 0 Å². The van der Waals surface area contributed by atoms with Crippen molar-refractivity contribution < 1.29 is 4.79 Å². The Hall–Kier alpha value is -1.52. The van der Waals surface area contributed by atoms with Crippen LogP contribution in [0.15, 0.2) is 35.7 Å². The lowest BCUT2D eigenvalue weighted by Gasteiger charge is -2.14. The second kappa shape index (κ2) is 7.31. The van der Waals surface area contributed by atoms with Crippen molar-refractivity contribution in [3.63, 3.8) is 0 Å². The summed E-state index contributed by atoms with van der Waals surface area (Å²) in [5, 5.41) is 3.20. The van der Waals surface area contributed by atoms with Crippen LogP contribution in [0.5, 0.6) is 0 Å². The number of carbonyl (C=O) groups excluding carboxylic acids is 1. The van der Waals surface area contributed by atoms with Gasteiger partial charge < -0.3 is 4.90 Å². The number of carbonyl (C=O) groups is 1. The molecular formula is C16H20N2OS. The predicted octanol–water partition coefficient (Wildman–Crippen LogP) is 3.55. The molecule has 20 heavy (non-hydrogen) atoms. The maximum atomic E-state index is 12.0. The summed E-state index contributed by atoms with van der Waals surface area (Å²) in [6, 6.07) is 9.50. The van der Waals surface area contributed by atoms with Gasteiger partial charge in [0.15, 0.2) is 5.78 Å². The van der Waals surface area contributed by atoms with E-state index in [1.807, 2.05) is 37.3 Å². The van der Waals surface area contributed by atoms with Crippen molar-refractivity contribution in [3.05, 3.63) is 52.0 Å². The summed E-state index contributed by atoms with van der Waals surface area (Å²) in [5.74, 6) is 0.225. The molecule has 0 bridgehead atoms. The Morgan fingerprint density at radius 1 is 1.30 bits per heavy atom. The summed E-state index contributed by atoms with van der Waals surface area (Å²) in [5.41, 5.74) is 1.93. The van der Waals surface area contributed by atoms with E-state index in [4.69, 9.17) is 0 Å². The van der Waals surface area contributed by atoms with Crippen molar-refractivity contribution in [3.8, 4) is 0 Å². The quantitative estimate of drug-likeness (QED) is 0.731. The topological polar surface area (TPSA) is 33.2 Å². The van der Waals surface area contributed by atoms with E-state index < -0.39 is 0 Å². The van der Waals surface area contributed by atoms with Crippen LogP contribution in [-0.2, 0) is 6.54 Å². The van der Waals surface area contributed by atoms with Gasteiger partial charge in [-0.3, -0.25) is 4.79 Å². The Labute approximate surface area is 124 Å². The van der Waals surface area contributed by atoms with E-state index in [0.717, 1.165) is 35.8 Å². The highest BCUT2D eigenvalue weighted by molar-refractivity contribution is 7.09. The first-order valence-corrected chi connectivity index (χ1v) is 7.71. The van der Waals surface area contributed by atoms with Gasteiger partial charge in [-0.05, 0) is 26.9 Å². The zero-order chi connectivity index (χ0) is 14.4. The van der Waals surface area contributed by atoms with Gasteiger partial charge in [0, 0.05) is 23.9 Å². The number of ketones is 1. The Kier molecular flexibility index (Phi) is 5.44. The van der Waals surface area contributed by atoms with Crippen molar-refractivity contribution in [2.75, 3.05) is 13.6 Å². The maximum Gasteiger partial charge on any atom is 0.162 e. The molecule has 3 nitrogen and oxygen atoms in total. The molecule has 0 spiro atoms.